The topological polar surface area (TPSA) is 91.7 Å². The Morgan fingerprint density at radius 3 is 2.33 bits per heavy atom. The van der Waals surface area contributed by atoms with E-state index < -0.39 is 29.5 Å². The Bertz CT molecular complexity index is 933. The van der Waals surface area contributed by atoms with Gasteiger partial charge >= 0.3 is 0 Å². The molecular formula is C18H13ClO5. The van der Waals surface area contributed by atoms with Gasteiger partial charge in [-0.1, -0.05) is 35.9 Å². The Balaban J connectivity index is 2.05. The number of carbonyl (C=O) groups excluding carboxylic acids is 3. The summed E-state index contributed by atoms with van der Waals surface area (Å²) in [6.07, 6.45) is -1.46. The molecule has 0 aliphatic heterocycles. The highest BCUT2D eigenvalue weighted by molar-refractivity contribution is 6.41. The third kappa shape index (κ3) is 1.88. The second-order valence-electron chi connectivity index (χ2n) is 6.33. The molecule has 6 heteroatoms. The van der Waals surface area contributed by atoms with Crippen molar-refractivity contribution in [2.24, 2.45) is 11.8 Å². The molecule has 3 atom stereocenters. The number of Topliss-reactive ketones (excluding diaryl/α,β-unsaturated/α-hetero) is 3. The minimum atomic E-state index is -1.22. The summed E-state index contributed by atoms with van der Waals surface area (Å²) in [4.78, 5) is 37.5. The van der Waals surface area contributed by atoms with E-state index in [0.717, 1.165) is 0 Å². The third-order valence-corrected chi connectivity index (χ3v) is 5.38. The maximum absolute atomic E-state index is 12.9. The molecule has 2 aromatic rings. The van der Waals surface area contributed by atoms with Gasteiger partial charge in [-0.15, -0.1) is 0 Å². The van der Waals surface area contributed by atoms with E-state index in [2.05, 4.69) is 0 Å². The largest absolute Gasteiger partial charge is 0.507 e. The quantitative estimate of drug-likeness (QED) is 0.766. The summed E-state index contributed by atoms with van der Waals surface area (Å²) in [6.45, 7) is 0. The van der Waals surface area contributed by atoms with Crippen LogP contribution in [-0.4, -0.2) is 33.7 Å². The van der Waals surface area contributed by atoms with Gasteiger partial charge in [-0.2, -0.15) is 0 Å². The zero-order chi connectivity index (χ0) is 17.2. The molecule has 0 bridgehead atoms. The normalized spacial score (nSPS) is 26.4. The van der Waals surface area contributed by atoms with E-state index in [1.807, 2.05) is 0 Å². The molecule has 24 heavy (non-hydrogen) atoms. The lowest BCUT2D eigenvalue weighted by molar-refractivity contribution is -0.125. The van der Waals surface area contributed by atoms with Crippen LogP contribution in [0.4, 0.5) is 0 Å². The zero-order valence-corrected chi connectivity index (χ0v) is 13.2. The Kier molecular flexibility index (Phi) is 3.27. The molecule has 0 spiro atoms. The van der Waals surface area contributed by atoms with Gasteiger partial charge < -0.3 is 10.2 Å². The SMILES string of the molecule is O=C1CC(O)C2C(=O)c3c(c(Cl)c4ccccc4c3O)C(=O)C2C1. The van der Waals surface area contributed by atoms with E-state index in [1.165, 1.54) is 0 Å². The first-order valence-electron chi connectivity index (χ1n) is 7.63. The van der Waals surface area contributed by atoms with Crippen LogP contribution in [-0.2, 0) is 4.79 Å². The fraction of sp³-hybridized carbons (Fsp3) is 0.278. The Hall–Kier alpha value is -2.24. The first kappa shape index (κ1) is 15.3. The number of aromatic hydroxyl groups is 1. The molecule has 4 rings (SSSR count). The molecule has 5 nitrogen and oxygen atoms in total. The molecule has 0 aromatic heterocycles. The summed E-state index contributed by atoms with van der Waals surface area (Å²) in [5.74, 6) is -3.47. The first-order valence-corrected chi connectivity index (χ1v) is 8.01. The fourth-order valence-electron chi connectivity index (χ4n) is 3.90. The van der Waals surface area contributed by atoms with Crippen LogP contribution >= 0.6 is 11.6 Å². The van der Waals surface area contributed by atoms with Crippen LogP contribution in [0.15, 0.2) is 24.3 Å². The van der Waals surface area contributed by atoms with Crippen molar-refractivity contribution in [2.75, 3.05) is 0 Å². The van der Waals surface area contributed by atoms with Gasteiger partial charge in [0.2, 0.25) is 0 Å². The van der Waals surface area contributed by atoms with E-state index in [-0.39, 0.29) is 40.5 Å². The van der Waals surface area contributed by atoms with Gasteiger partial charge in [-0.05, 0) is 0 Å². The van der Waals surface area contributed by atoms with Crippen molar-refractivity contribution < 1.29 is 24.6 Å². The van der Waals surface area contributed by atoms with Crippen LogP contribution < -0.4 is 0 Å². The Morgan fingerprint density at radius 1 is 0.958 bits per heavy atom. The van der Waals surface area contributed by atoms with Crippen molar-refractivity contribution in [1.29, 1.82) is 0 Å². The number of fused-ring (bicyclic) bond motifs is 3. The molecule has 122 valence electrons. The van der Waals surface area contributed by atoms with Gasteiger partial charge in [0, 0.05) is 29.5 Å². The number of aliphatic hydroxyl groups is 1. The van der Waals surface area contributed by atoms with E-state index in [0.29, 0.717) is 10.8 Å². The average Bonchev–Trinajstić information content (AvgIpc) is 2.55. The van der Waals surface area contributed by atoms with Gasteiger partial charge in [-0.3, -0.25) is 14.4 Å². The minimum Gasteiger partial charge on any atom is -0.507 e. The van der Waals surface area contributed by atoms with Crippen molar-refractivity contribution in [3.8, 4) is 5.75 Å². The van der Waals surface area contributed by atoms with Crippen LogP contribution in [0.1, 0.15) is 33.6 Å². The molecule has 2 aliphatic rings. The van der Waals surface area contributed by atoms with Gasteiger partial charge in [0.25, 0.3) is 0 Å². The summed E-state index contributed by atoms with van der Waals surface area (Å²) < 4.78 is 0. The van der Waals surface area contributed by atoms with Gasteiger partial charge in [-0.25, -0.2) is 0 Å². The number of phenols is 1. The van der Waals surface area contributed by atoms with Crippen LogP contribution in [0.2, 0.25) is 5.02 Å². The number of rotatable bonds is 0. The Labute approximate surface area is 141 Å². The second-order valence-corrected chi connectivity index (χ2v) is 6.71. The fourth-order valence-corrected chi connectivity index (χ4v) is 4.25. The molecule has 1 fully saturated rings. The molecule has 0 saturated heterocycles. The van der Waals surface area contributed by atoms with Crippen LogP contribution in [0.25, 0.3) is 10.8 Å². The lowest BCUT2D eigenvalue weighted by atomic mass is 9.65. The number of hydrogen-bond acceptors (Lipinski definition) is 5. The number of ketones is 3. The lowest BCUT2D eigenvalue weighted by Crippen LogP contribution is -2.48. The highest BCUT2D eigenvalue weighted by atomic mass is 35.5. The summed E-state index contributed by atoms with van der Waals surface area (Å²) in [5.41, 5.74) is -0.181. The zero-order valence-electron chi connectivity index (χ0n) is 12.5. The third-order valence-electron chi connectivity index (χ3n) is 4.99. The molecule has 0 amide bonds. The summed E-state index contributed by atoms with van der Waals surface area (Å²) in [5, 5.41) is 21.7. The van der Waals surface area contributed by atoms with Crippen LogP contribution in [0.3, 0.4) is 0 Å². The standard InChI is InChI=1S/C18H13ClO5/c19-15-8-3-1-2-4-9(8)16(22)14-13(15)17(23)10-5-7(20)6-11(21)12(10)18(14)24/h1-4,10-12,21-22H,5-6H2. The van der Waals surface area contributed by atoms with Crippen molar-refractivity contribution in [3.05, 3.63) is 40.4 Å². The number of hydrogen-bond donors (Lipinski definition) is 2. The lowest BCUT2D eigenvalue weighted by Gasteiger charge is -2.37. The molecule has 3 unspecified atom stereocenters. The number of benzene rings is 2. The van der Waals surface area contributed by atoms with Crippen LogP contribution in [0, 0.1) is 11.8 Å². The number of aliphatic hydroxyl groups excluding tert-OH is 1. The molecular weight excluding hydrogens is 332 g/mol. The first-order chi connectivity index (χ1) is 11.4. The smallest absolute Gasteiger partial charge is 0.173 e. The van der Waals surface area contributed by atoms with Gasteiger partial charge in [0.05, 0.1) is 28.2 Å². The van der Waals surface area contributed by atoms with Crippen molar-refractivity contribution in [3.63, 3.8) is 0 Å². The summed E-state index contributed by atoms with van der Waals surface area (Å²) in [6, 6.07) is 6.67. The number of halogens is 1. The second kappa shape index (κ2) is 5.13. The summed E-state index contributed by atoms with van der Waals surface area (Å²) in [7, 11) is 0. The van der Waals surface area contributed by atoms with Gasteiger partial charge in [0.15, 0.2) is 11.6 Å². The van der Waals surface area contributed by atoms with E-state index >= 15 is 0 Å². The monoisotopic (exact) mass is 344 g/mol. The van der Waals surface area contributed by atoms with Crippen molar-refractivity contribution >= 4 is 39.7 Å². The molecule has 0 heterocycles. The van der Waals surface area contributed by atoms with Crippen LogP contribution in [0.5, 0.6) is 5.75 Å². The Morgan fingerprint density at radius 2 is 1.62 bits per heavy atom. The molecule has 2 N–H and O–H groups in total. The maximum Gasteiger partial charge on any atom is 0.173 e. The van der Waals surface area contributed by atoms with E-state index in [4.69, 9.17) is 11.6 Å². The highest BCUT2D eigenvalue weighted by Gasteiger charge is 2.50. The molecule has 0 radical (unpaired) electrons. The maximum atomic E-state index is 12.9. The van der Waals surface area contributed by atoms with E-state index in [1.54, 1.807) is 24.3 Å². The minimum absolute atomic E-state index is 0.0407. The molecule has 1 saturated carbocycles. The highest BCUT2D eigenvalue weighted by Crippen LogP contribution is 2.47. The predicted molar refractivity (Wildman–Crippen MR) is 86.5 cm³/mol. The van der Waals surface area contributed by atoms with Crippen molar-refractivity contribution in [2.45, 2.75) is 18.9 Å². The predicted octanol–water partition coefficient (Wildman–Crippen LogP) is 2.53. The van der Waals surface area contributed by atoms with Gasteiger partial charge in [0.1, 0.15) is 11.5 Å². The van der Waals surface area contributed by atoms with E-state index in [9.17, 15) is 24.6 Å². The summed E-state index contributed by atoms with van der Waals surface area (Å²) >= 11 is 6.36. The van der Waals surface area contributed by atoms with Crippen molar-refractivity contribution in [1.82, 2.24) is 0 Å². The molecule has 2 aliphatic carbocycles. The number of phenolic OH excluding ortho intramolecular Hbond substituents is 1. The number of carbonyl (C=O) groups is 3. The average molecular weight is 345 g/mol. The molecule has 2 aromatic carbocycles.